The molecule has 27 heavy (non-hydrogen) atoms. The van der Waals surface area contributed by atoms with Gasteiger partial charge in [-0.3, -0.25) is 4.79 Å². The van der Waals surface area contributed by atoms with E-state index in [1.54, 1.807) is 30.3 Å². The number of piperazine rings is 1. The lowest BCUT2D eigenvalue weighted by Gasteiger charge is -2.42. The molecule has 1 saturated heterocycles. The molecule has 148 valence electrons. The van der Waals surface area contributed by atoms with Crippen LogP contribution in [0.1, 0.15) is 12.5 Å². The van der Waals surface area contributed by atoms with Crippen LogP contribution < -0.4 is 17.2 Å². The minimum absolute atomic E-state index is 0.0142. The van der Waals surface area contributed by atoms with E-state index in [1.165, 1.54) is 0 Å². The number of phenolic OH excluding ortho intramolecular Hbond substituents is 1. The number of hydrogen-bond donors (Lipinski definition) is 4. The van der Waals surface area contributed by atoms with Gasteiger partial charge in [0.2, 0.25) is 5.91 Å². The van der Waals surface area contributed by atoms with Gasteiger partial charge in [-0.2, -0.15) is 0 Å². The Morgan fingerprint density at radius 1 is 1.26 bits per heavy atom. The summed E-state index contributed by atoms with van der Waals surface area (Å²) in [4.78, 5) is 18.1. The molecule has 1 aromatic carbocycles. The van der Waals surface area contributed by atoms with E-state index < -0.39 is 0 Å². The number of carbonyl (C=O) groups is 1. The smallest absolute Gasteiger partial charge is 0.237 e. The number of carbonyl (C=O) groups excluding carboxylic acids is 1. The molecule has 0 radical (unpaired) electrons. The van der Waals surface area contributed by atoms with Crippen molar-refractivity contribution in [3.05, 3.63) is 47.4 Å². The summed E-state index contributed by atoms with van der Waals surface area (Å²) in [6.45, 7) is 4.15. The van der Waals surface area contributed by atoms with E-state index in [2.05, 4.69) is 0 Å². The van der Waals surface area contributed by atoms with Gasteiger partial charge in [-0.05, 0) is 39.2 Å². The Labute approximate surface area is 160 Å². The molecule has 1 aliphatic rings. The Hall–Kier alpha value is -2.87. The zero-order chi connectivity index (χ0) is 20.1. The predicted molar refractivity (Wildman–Crippen MR) is 107 cm³/mol. The zero-order valence-corrected chi connectivity index (χ0v) is 16.2. The summed E-state index contributed by atoms with van der Waals surface area (Å²) in [7, 11) is 3.75. The second-order valence-corrected chi connectivity index (χ2v) is 7.08. The van der Waals surface area contributed by atoms with E-state index in [1.807, 2.05) is 35.7 Å². The number of allylic oxidation sites excluding steroid dienone is 1. The Bertz CT molecular complexity index is 739. The summed E-state index contributed by atoms with van der Waals surface area (Å²) < 4.78 is 0. The summed E-state index contributed by atoms with van der Waals surface area (Å²) >= 11 is 0. The number of benzene rings is 1. The van der Waals surface area contributed by atoms with E-state index >= 15 is 0 Å². The molecule has 1 aromatic rings. The first kappa shape index (κ1) is 20.4. The second kappa shape index (κ2) is 8.68. The summed E-state index contributed by atoms with van der Waals surface area (Å²) in [6, 6.07) is 6.84. The molecule has 1 amide bonds. The summed E-state index contributed by atoms with van der Waals surface area (Å²) in [6.07, 6.45) is 1.68. The topological polar surface area (TPSA) is 125 Å². The van der Waals surface area contributed by atoms with E-state index in [0.717, 1.165) is 0 Å². The second-order valence-electron chi connectivity index (χ2n) is 7.08. The molecule has 0 aromatic heterocycles. The minimum Gasteiger partial charge on any atom is -0.507 e. The van der Waals surface area contributed by atoms with Crippen LogP contribution in [0.4, 0.5) is 0 Å². The van der Waals surface area contributed by atoms with Gasteiger partial charge in [-0.25, -0.2) is 0 Å². The fraction of sp³-hybridized carbons (Fsp3) is 0.421. The number of nitrogens with zero attached hydrogens (tertiary/aromatic N) is 3. The van der Waals surface area contributed by atoms with Crippen molar-refractivity contribution in [3.63, 3.8) is 0 Å². The predicted octanol–water partition coefficient (Wildman–Crippen LogP) is -0.127. The molecule has 1 aliphatic heterocycles. The Morgan fingerprint density at radius 2 is 1.93 bits per heavy atom. The molecule has 8 heteroatoms. The van der Waals surface area contributed by atoms with Gasteiger partial charge in [-0.1, -0.05) is 12.1 Å². The molecular formula is C19H30N6O2. The largest absolute Gasteiger partial charge is 0.507 e. The van der Waals surface area contributed by atoms with Crippen LogP contribution in [0, 0.1) is 0 Å². The van der Waals surface area contributed by atoms with E-state index in [0.29, 0.717) is 43.1 Å². The van der Waals surface area contributed by atoms with Gasteiger partial charge in [0.25, 0.3) is 0 Å². The lowest BCUT2D eigenvalue weighted by molar-refractivity contribution is -0.135. The summed E-state index contributed by atoms with van der Waals surface area (Å²) in [5.41, 5.74) is 19.5. The third kappa shape index (κ3) is 5.07. The molecule has 2 rings (SSSR count). The van der Waals surface area contributed by atoms with Gasteiger partial charge in [0.15, 0.2) is 0 Å². The molecule has 0 spiro atoms. The van der Waals surface area contributed by atoms with Gasteiger partial charge in [0.1, 0.15) is 11.6 Å². The van der Waals surface area contributed by atoms with Crippen molar-refractivity contribution in [2.45, 2.75) is 13.0 Å². The monoisotopic (exact) mass is 374 g/mol. The molecule has 1 fully saturated rings. The lowest BCUT2D eigenvalue weighted by Crippen LogP contribution is -2.55. The van der Waals surface area contributed by atoms with Gasteiger partial charge in [0.05, 0.1) is 12.2 Å². The number of likely N-dealkylation sites (N-methyl/N-ethyl adjacent to an activating group) is 1. The van der Waals surface area contributed by atoms with Gasteiger partial charge < -0.3 is 37.0 Å². The van der Waals surface area contributed by atoms with Gasteiger partial charge in [0, 0.05) is 36.9 Å². The Morgan fingerprint density at radius 3 is 2.48 bits per heavy atom. The summed E-state index contributed by atoms with van der Waals surface area (Å²) in [5, 5.41) is 9.99. The maximum Gasteiger partial charge on any atom is 0.237 e. The number of phenols is 1. The number of para-hydroxylation sites is 1. The molecule has 7 N–H and O–H groups in total. The van der Waals surface area contributed by atoms with Crippen LogP contribution >= 0.6 is 0 Å². The van der Waals surface area contributed by atoms with Crippen LogP contribution in [0.5, 0.6) is 5.75 Å². The molecule has 0 aliphatic carbocycles. The maximum atomic E-state index is 12.4. The van der Waals surface area contributed by atoms with E-state index in [-0.39, 0.29) is 23.5 Å². The highest BCUT2D eigenvalue weighted by Gasteiger charge is 2.28. The number of nitrogens with two attached hydrogens (primary N) is 3. The minimum atomic E-state index is 0.0142. The molecule has 0 saturated carbocycles. The van der Waals surface area contributed by atoms with E-state index in [4.69, 9.17) is 17.2 Å². The van der Waals surface area contributed by atoms with Crippen LogP contribution in [-0.4, -0.2) is 72.0 Å². The van der Waals surface area contributed by atoms with Crippen LogP contribution in [0.3, 0.4) is 0 Å². The van der Waals surface area contributed by atoms with Crippen molar-refractivity contribution in [3.8, 4) is 5.75 Å². The lowest BCUT2D eigenvalue weighted by atomic mass is 10.1. The number of aromatic hydroxyl groups is 1. The van der Waals surface area contributed by atoms with Crippen LogP contribution in [-0.2, 0) is 4.79 Å². The highest BCUT2D eigenvalue weighted by molar-refractivity contribution is 5.78. The molecule has 1 unspecified atom stereocenters. The highest BCUT2D eigenvalue weighted by atomic mass is 16.3. The Balaban J connectivity index is 2.18. The third-order valence-corrected chi connectivity index (χ3v) is 4.54. The zero-order valence-electron chi connectivity index (χ0n) is 16.2. The van der Waals surface area contributed by atoms with Crippen LogP contribution in [0.25, 0.3) is 5.70 Å². The van der Waals surface area contributed by atoms with Crippen molar-refractivity contribution in [2.75, 3.05) is 40.3 Å². The van der Waals surface area contributed by atoms with Gasteiger partial charge >= 0.3 is 0 Å². The summed E-state index contributed by atoms with van der Waals surface area (Å²) in [5.74, 6) is 0.338. The number of amides is 1. The van der Waals surface area contributed by atoms with Crippen molar-refractivity contribution in [2.24, 2.45) is 17.2 Å². The van der Waals surface area contributed by atoms with Gasteiger partial charge in [-0.15, -0.1) is 0 Å². The molecule has 1 heterocycles. The van der Waals surface area contributed by atoms with Crippen LogP contribution in [0.15, 0.2) is 41.9 Å². The fourth-order valence-corrected chi connectivity index (χ4v) is 3.21. The van der Waals surface area contributed by atoms with Crippen molar-refractivity contribution >= 4 is 11.6 Å². The third-order valence-electron chi connectivity index (χ3n) is 4.54. The average Bonchev–Trinajstić information content (AvgIpc) is 2.58. The first-order valence-corrected chi connectivity index (χ1v) is 8.90. The molecule has 0 bridgehead atoms. The van der Waals surface area contributed by atoms with Crippen LogP contribution in [0.2, 0.25) is 0 Å². The SMILES string of the molecule is CC1CN(C(/C=C(\N)c2ccccc2O)=C(N)N)CCN1C(=O)CN(C)C. The first-order chi connectivity index (χ1) is 12.7. The standard InChI is InChI=1S/C19H30N6O2/c1-13-11-24(8-9-25(13)18(27)12-23(2)3)16(19(21)22)10-15(20)14-6-4-5-7-17(14)26/h4-7,10,13,26H,8-9,11-12,20-22H2,1-3H3/b15-10-. The van der Waals surface area contributed by atoms with Crippen molar-refractivity contribution in [1.82, 2.24) is 14.7 Å². The number of hydrogen-bond acceptors (Lipinski definition) is 7. The van der Waals surface area contributed by atoms with Crippen molar-refractivity contribution in [1.29, 1.82) is 0 Å². The van der Waals surface area contributed by atoms with Crippen molar-refractivity contribution < 1.29 is 9.90 Å². The Kier molecular flexibility index (Phi) is 6.57. The van der Waals surface area contributed by atoms with E-state index in [9.17, 15) is 9.90 Å². The molecular weight excluding hydrogens is 344 g/mol. The molecule has 8 nitrogen and oxygen atoms in total. The maximum absolute atomic E-state index is 12.4. The average molecular weight is 374 g/mol. The quantitative estimate of drug-likeness (QED) is 0.529. The highest BCUT2D eigenvalue weighted by Crippen LogP contribution is 2.24. The first-order valence-electron chi connectivity index (χ1n) is 8.90. The molecule has 1 atom stereocenters. The normalized spacial score (nSPS) is 17.9. The fourth-order valence-electron chi connectivity index (χ4n) is 3.21. The number of rotatable bonds is 5.